The quantitative estimate of drug-likeness (QED) is 0.169. The fourth-order valence-electron chi connectivity index (χ4n) is 8.06. The summed E-state index contributed by atoms with van der Waals surface area (Å²) in [5.74, 6) is 0.122. The summed E-state index contributed by atoms with van der Waals surface area (Å²) in [6, 6.07) is 19.9. The van der Waals surface area contributed by atoms with E-state index in [1.54, 1.807) is 12.1 Å². The van der Waals surface area contributed by atoms with Crippen LogP contribution in [0.15, 0.2) is 66.7 Å². The number of fused-ring (bicyclic) bond motifs is 5. The number of benzene rings is 3. The van der Waals surface area contributed by atoms with Crippen LogP contribution in [0.2, 0.25) is 0 Å². The zero-order valence-corrected chi connectivity index (χ0v) is 28.5. The predicted octanol–water partition coefficient (Wildman–Crippen LogP) is 7.77. The van der Waals surface area contributed by atoms with Crippen LogP contribution in [0.4, 0.5) is 5.69 Å². The Morgan fingerprint density at radius 3 is 2.43 bits per heavy atom. The average molecular weight is 660 g/mol. The number of aromatic nitrogens is 1. The van der Waals surface area contributed by atoms with Crippen molar-refractivity contribution in [2.45, 2.75) is 82.7 Å². The Bertz CT molecular complexity index is 1930. The summed E-state index contributed by atoms with van der Waals surface area (Å²) in [4.78, 5) is 40.8. The minimum Gasteiger partial charge on any atom is -0.494 e. The molecule has 7 rings (SSSR count). The van der Waals surface area contributed by atoms with E-state index in [0.717, 1.165) is 48.0 Å². The minimum absolute atomic E-state index is 0.00390. The number of carboxylic acids is 1. The van der Waals surface area contributed by atoms with E-state index in [1.165, 1.54) is 66.1 Å². The number of hydrogen-bond acceptors (Lipinski definition) is 5. The molecule has 8 nitrogen and oxygen atoms in total. The molecule has 0 unspecified atom stereocenters. The van der Waals surface area contributed by atoms with E-state index in [9.17, 15) is 14.4 Å². The van der Waals surface area contributed by atoms with E-state index in [0.29, 0.717) is 30.9 Å². The van der Waals surface area contributed by atoms with Crippen LogP contribution in [0.5, 0.6) is 5.75 Å². The molecule has 1 aromatic heterocycles. The van der Waals surface area contributed by atoms with Crippen LogP contribution in [0.25, 0.3) is 28.2 Å². The van der Waals surface area contributed by atoms with Gasteiger partial charge in [-0.2, -0.15) is 0 Å². The first-order valence-electron chi connectivity index (χ1n) is 17.8. The number of nitrogens with one attached hydrogen (secondary N) is 1. The Balaban J connectivity index is 1.20. The minimum atomic E-state index is -1.01. The molecule has 1 aliphatic heterocycles. The number of ether oxygens (including phenoxy) is 1. The topological polar surface area (TPSA) is 101 Å². The maximum atomic E-state index is 14.0. The first-order chi connectivity index (χ1) is 23.8. The molecule has 0 bridgehead atoms. The van der Waals surface area contributed by atoms with Gasteiger partial charge in [-0.1, -0.05) is 49.6 Å². The summed E-state index contributed by atoms with van der Waals surface area (Å²) in [5.41, 5.74) is 7.39. The van der Waals surface area contributed by atoms with Gasteiger partial charge in [0.25, 0.3) is 5.91 Å². The van der Waals surface area contributed by atoms with Crippen LogP contribution >= 0.6 is 0 Å². The highest BCUT2D eigenvalue weighted by Gasteiger charge is 2.45. The van der Waals surface area contributed by atoms with Gasteiger partial charge < -0.3 is 24.6 Å². The third kappa shape index (κ3) is 6.36. The molecule has 1 amide bonds. The van der Waals surface area contributed by atoms with Crippen molar-refractivity contribution in [2.75, 3.05) is 25.1 Å². The Hall–Kier alpha value is -4.85. The summed E-state index contributed by atoms with van der Waals surface area (Å²) >= 11 is 0. The van der Waals surface area contributed by atoms with Gasteiger partial charge in [-0.3, -0.25) is 9.59 Å². The molecule has 254 valence electrons. The lowest BCUT2D eigenvalue weighted by atomic mass is 9.72. The summed E-state index contributed by atoms with van der Waals surface area (Å²) in [5, 5.41) is 13.3. The predicted molar refractivity (Wildman–Crippen MR) is 194 cm³/mol. The maximum absolute atomic E-state index is 14.0. The van der Waals surface area contributed by atoms with Crippen molar-refractivity contribution < 1.29 is 24.2 Å². The number of ketones is 1. The van der Waals surface area contributed by atoms with Gasteiger partial charge >= 0.3 is 5.97 Å². The van der Waals surface area contributed by atoms with E-state index in [1.807, 2.05) is 31.2 Å². The Morgan fingerprint density at radius 1 is 0.959 bits per heavy atom. The molecule has 2 heterocycles. The van der Waals surface area contributed by atoms with Gasteiger partial charge in [0.15, 0.2) is 5.78 Å². The van der Waals surface area contributed by atoms with Crippen LogP contribution < -0.4 is 15.0 Å². The number of amides is 1. The number of carbonyl (C=O) groups is 3. The van der Waals surface area contributed by atoms with Crippen LogP contribution in [0.3, 0.4) is 0 Å². The maximum Gasteiger partial charge on any atom is 0.328 e. The number of Topliss-reactive ketones (excluding diaryl/α,β-unsaturated/α-hetero) is 1. The third-order valence-electron chi connectivity index (χ3n) is 10.8. The second-order valence-corrected chi connectivity index (χ2v) is 13.9. The second kappa shape index (κ2) is 13.6. The molecule has 3 aliphatic rings. The van der Waals surface area contributed by atoms with Gasteiger partial charge in [0.1, 0.15) is 5.75 Å². The van der Waals surface area contributed by atoms with Crippen molar-refractivity contribution in [1.29, 1.82) is 0 Å². The van der Waals surface area contributed by atoms with Crippen LogP contribution in [0.1, 0.15) is 91.3 Å². The molecule has 49 heavy (non-hydrogen) atoms. The first kappa shape index (κ1) is 32.7. The molecule has 2 N–H and O–H groups in total. The highest BCUT2D eigenvalue weighted by Crippen LogP contribution is 2.48. The van der Waals surface area contributed by atoms with Crippen LogP contribution in [-0.4, -0.2) is 53.1 Å². The van der Waals surface area contributed by atoms with E-state index >= 15 is 0 Å². The van der Waals surface area contributed by atoms with Gasteiger partial charge in [-0.15, -0.1) is 0 Å². The van der Waals surface area contributed by atoms with Crippen molar-refractivity contribution in [3.63, 3.8) is 0 Å². The molecule has 0 saturated heterocycles. The van der Waals surface area contributed by atoms with Gasteiger partial charge in [-0.05, 0) is 92.0 Å². The molecule has 2 fully saturated rings. The van der Waals surface area contributed by atoms with Gasteiger partial charge in [0.05, 0.1) is 17.8 Å². The van der Waals surface area contributed by atoms with Crippen molar-refractivity contribution in [1.82, 2.24) is 9.88 Å². The lowest BCUT2D eigenvalue weighted by Crippen LogP contribution is -2.59. The number of anilines is 1. The van der Waals surface area contributed by atoms with Gasteiger partial charge in [0, 0.05) is 66.4 Å². The van der Waals surface area contributed by atoms with Crippen molar-refractivity contribution in [3.05, 3.63) is 89.0 Å². The normalized spacial score (nSPS) is 17.2. The lowest BCUT2D eigenvalue weighted by Gasteiger charge is -2.41. The monoisotopic (exact) mass is 659 g/mol. The summed E-state index contributed by atoms with van der Waals surface area (Å²) in [7, 11) is 2.14. The summed E-state index contributed by atoms with van der Waals surface area (Å²) in [6.07, 6.45) is 11.0. The summed E-state index contributed by atoms with van der Waals surface area (Å²) < 4.78 is 8.33. The van der Waals surface area contributed by atoms with Gasteiger partial charge in [-0.25, -0.2) is 4.79 Å². The molecule has 4 aromatic rings. The van der Waals surface area contributed by atoms with Crippen LogP contribution in [-0.2, 0) is 22.6 Å². The smallest absolute Gasteiger partial charge is 0.328 e. The van der Waals surface area contributed by atoms with Crippen molar-refractivity contribution >= 4 is 40.3 Å². The lowest BCUT2D eigenvalue weighted by molar-refractivity contribution is -0.131. The Morgan fingerprint density at radius 2 is 1.73 bits per heavy atom. The van der Waals surface area contributed by atoms with Crippen molar-refractivity contribution in [2.24, 2.45) is 0 Å². The highest BCUT2D eigenvalue weighted by molar-refractivity contribution is 6.04. The second-order valence-electron chi connectivity index (χ2n) is 13.9. The molecule has 2 saturated carbocycles. The number of aliphatic carboxylic acids is 1. The SMILES string of the molecule is CCOc1ccc2c(c1)N(C)CCn1c-2c(C2CCCCC2)c2ccc(C(=O)NC3(C(=O)Cc4ccc(/C=C/C(=O)O)cc4)CCC3)cc21. The van der Waals surface area contributed by atoms with Crippen LogP contribution in [0, 0.1) is 0 Å². The standard InChI is InChI=1S/C41H45N3O5/c1-3-49-31-16-18-33-34(26-31)43(2)22-23-44-35-25-30(15-17-32(35)38(39(33)44)29-8-5-4-6-9-29)40(48)42-41(20-7-21-41)36(45)24-28-12-10-27(11-13-28)14-19-37(46)47/h10-19,25-26,29H,3-9,20-24H2,1-2H3,(H,42,48)(H,46,47)/b19-14+. The highest BCUT2D eigenvalue weighted by atomic mass is 16.5. The fourth-order valence-corrected chi connectivity index (χ4v) is 8.06. The number of hydrogen-bond donors (Lipinski definition) is 2. The zero-order valence-electron chi connectivity index (χ0n) is 28.5. The molecule has 3 aromatic carbocycles. The largest absolute Gasteiger partial charge is 0.494 e. The first-order valence-corrected chi connectivity index (χ1v) is 17.8. The third-order valence-corrected chi connectivity index (χ3v) is 10.8. The number of likely N-dealkylation sites (N-methyl/N-ethyl adjacent to an activating group) is 1. The number of nitrogens with zero attached hydrogens (tertiary/aromatic N) is 2. The molecule has 2 aliphatic carbocycles. The Labute approximate surface area is 287 Å². The molecular formula is C41H45N3O5. The van der Waals surface area contributed by atoms with E-state index in [-0.39, 0.29) is 18.1 Å². The Kier molecular flexibility index (Phi) is 9.05. The number of carboxylic acid groups (broad SMARTS) is 1. The number of carbonyl (C=O) groups excluding carboxylic acids is 2. The number of rotatable bonds is 10. The van der Waals surface area contributed by atoms with Gasteiger partial charge in [0.2, 0.25) is 0 Å². The molecule has 8 heteroatoms. The van der Waals surface area contributed by atoms with E-state index < -0.39 is 11.5 Å². The zero-order chi connectivity index (χ0) is 34.1. The molecule has 0 radical (unpaired) electrons. The molecule has 0 atom stereocenters. The molecule has 0 spiro atoms. The molecular weight excluding hydrogens is 614 g/mol. The average Bonchev–Trinajstić information content (AvgIpc) is 3.34. The fraction of sp³-hybridized carbons (Fsp3) is 0.390. The van der Waals surface area contributed by atoms with E-state index in [4.69, 9.17) is 9.84 Å². The van der Waals surface area contributed by atoms with E-state index in [2.05, 4.69) is 46.1 Å². The van der Waals surface area contributed by atoms with Crippen molar-refractivity contribution in [3.8, 4) is 17.0 Å². The summed E-state index contributed by atoms with van der Waals surface area (Å²) in [6.45, 7) is 4.25.